The SMILES string of the molecule is BC(P)n1cc(Cc2ccccc2OCCN2CCOCC2)c(-c2cc(C)nc(N)n2)n1. The van der Waals surface area contributed by atoms with E-state index in [-0.39, 0.29) is 11.6 Å². The predicted molar refractivity (Wildman–Crippen MR) is 132 cm³/mol. The van der Waals surface area contributed by atoms with E-state index >= 15 is 0 Å². The summed E-state index contributed by atoms with van der Waals surface area (Å²) in [5.74, 6) is 1.16. The lowest BCUT2D eigenvalue weighted by atomic mass is 10.0. The smallest absolute Gasteiger partial charge is 0.220 e. The first-order valence-electron chi connectivity index (χ1n) is 11.0. The van der Waals surface area contributed by atoms with Crippen LogP contribution in [0, 0.1) is 6.92 Å². The minimum atomic E-state index is 0.155. The molecule has 0 spiro atoms. The van der Waals surface area contributed by atoms with Gasteiger partial charge in [0.1, 0.15) is 25.9 Å². The molecule has 3 heterocycles. The molecular formula is C22H30BN6O2P. The lowest BCUT2D eigenvalue weighted by molar-refractivity contribution is 0.0322. The normalized spacial score (nSPS) is 15.6. The number of rotatable bonds is 8. The van der Waals surface area contributed by atoms with Gasteiger partial charge in [-0.05, 0) is 24.6 Å². The highest BCUT2D eigenvalue weighted by Gasteiger charge is 2.17. The van der Waals surface area contributed by atoms with Crippen LogP contribution < -0.4 is 10.5 Å². The lowest BCUT2D eigenvalue weighted by Crippen LogP contribution is -2.38. The van der Waals surface area contributed by atoms with E-state index in [4.69, 9.17) is 20.3 Å². The van der Waals surface area contributed by atoms with Gasteiger partial charge < -0.3 is 15.2 Å². The van der Waals surface area contributed by atoms with E-state index < -0.39 is 0 Å². The summed E-state index contributed by atoms with van der Waals surface area (Å²) in [5, 5.41) is 4.80. The van der Waals surface area contributed by atoms with E-state index in [1.165, 1.54) is 0 Å². The maximum absolute atomic E-state index is 6.19. The first-order chi connectivity index (χ1) is 15.5. The molecule has 3 aromatic rings. The Bertz CT molecular complexity index is 1030. The third-order valence-electron chi connectivity index (χ3n) is 5.46. The number of nitrogen functional groups attached to an aromatic ring is 1. The number of hydrogen-bond donors (Lipinski definition) is 1. The number of nitrogens with zero attached hydrogens (tertiary/aromatic N) is 5. The number of nitrogens with two attached hydrogens (primary N) is 1. The summed E-state index contributed by atoms with van der Waals surface area (Å²) >= 11 is 0. The van der Waals surface area contributed by atoms with Crippen molar-refractivity contribution >= 4 is 23.0 Å². The molecule has 0 aliphatic carbocycles. The van der Waals surface area contributed by atoms with E-state index in [0.717, 1.165) is 66.8 Å². The van der Waals surface area contributed by atoms with Crippen molar-refractivity contribution in [2.75, 3.05) is 45.2 Å². The molecule has 2 aromatic heterocycles. The molecule has 1 saturated heterocycles. The maximum Gasteiger partial charge on any atom is 0.220 e. The third kappa shape index (κ3) is 5.65. The van der Waals surface area contributed by atoms with Crippen molar-refractivity contribution in [1.29, 1.82) is 0 Å². The molecule has 1 aliphatic heterocycles. The molecule has 1 aliphatic rings. The summed E-state index contributed by atoms with van der Waals surface area (Å²) in [4.78, 5) is 11.0. The third-order valence-corrected chi connectivity index (χ3v) is 5.77. The Morgan fingerprint density at radius 2 is 2.00 bits per heavy atom. The fraction of sp³-hybridized carbons (Fsp3) is 0.409. The summed E-state index contributed by atoms with van der Waals surface area (Å²) < 4.78 is 13.5. The molecule has 0 saturated carbocycles. The molecule has 1 fully saturated rings. The Labute approximate surface area is 192 Å². The van der Waals surface area contributed by atoms with Gasteiger partial charge in [-0.15, -0.1) is 9.24 Å². The van der Waals surface area contributed by atoms with Crippen molar-refractivity contribution in [2.24, 2.45) is 0 Å². The highest BCUT2D eigenvalue weighted by Crippen LogP contribution is 2.29. The van der Waals surface area contributed by atoms with Crippen LogP contribution in [0.15, 0.2) is 36.5 Å². The molecule has 2 N–H and O–H groups in total. The fourth-order valence-electron chi connectivity index (χ4n) is 3.80. The van der Waals surface area contributed by atoms with Crippen LogP contribution in [0.3, 0.4) is 0 Å². The summed E-state index contributed by atoms with van der Waals surface area (Å²) in [6.45, 7) is 6.96. The molecule has 4 rings (SSSR count). The zero-order valence-corrected chi connectivity index (χ0v) is 19.9. The van der Waals surface area contributed by atoms with Crippen molar-refractivity contribution in [2.45, 2.75) is 19.0 Å². The minimum absolute atomic E-state index is 0.155. The number of aromatic nitrogens is 4. The number of ether oxygens (including phenoxy) is 2. The van der Waals surface area contributed by atoms with Crippen molar-refractivity contribution in [3.63, 3.8) is 0 Å². The first-order valence-corrected chi connectivity index (χ1v) is 11.6. The average molecular weight is 452 g/mol. The maximum atomic E-state index is 6.19. The van der Waals surface area contributed by atoms with Gasteiger partial charge in [0.2, 0.25) is 5.95 Å². The summed E-state index contributed by atoms with van der Waals surface area (Å²) in [7, 11) is 4.85. The zero-order chi connectivity index (χ0) is 22.5. The van der Waals surface area contributed by atoms with Gasteiger partial charge in [0.15, 0.2) is 0 Å². The number of para-hydroxylation sites is 1. The summed E-state index contributed by atoms with van der Waals surface area (Å²) in [6.07, 6.45) is 2.76. The zero-order valence-electron chi connectivity index (χ0n) is 18.7. The van der Waals surface area contributed by atoms with Crippen molar-refractivity contribution in [3.05, 3.63) is 53.3 Å². The largest absolute Gasteiger partial charge is 0.492 e. The van der Waals surface area contributed by atoms with Crippen LogP contribution in [0.1, 0.15) is 22.5 Å². The Morgan fingerprint density at radius 3 is 2.75 bits per heavy atom. The fourth-order valence-corrected chi connectivity index (χ4v) is 3.95. The van der Waals surface area contributed by atoms with E-state index in [1.54, 1.807) is 0 Å². The second-order valence-electron chi connectivity index (χ2n) is 8.06. The molecule has 0 bridgehead atoms. The molecule has 1 aromatic carbocycles. The quantitative estimate of drug-likeness (QED) is 0.409. The van der Waals surface area contributed by atoms with Crippen LogP contribution >= 0.6 is 9.24 Å². The molecule has 2 atom stereocenters. The molecule has 8 nitrogen and oxygen atoms in total. The number of hydrogen-bond acceptors (Lipinski definition) is 7. The van der Waals surface area contributed by atoms with Gasteiger partial charge >= 0.3 is 0 Å². The van der Waals surface area contributed by atoms with Crippen LogP contribution in [0.25, 0.3) is 11.4 Å². The molecule has 10 heteroatoms. The van der Waals surface area contributed by atoms with E-state index in [2.05, 4.69) is 44.2 Å². The predicted octanol–water partition coefficient (Wildman–Crippen LogP) is 1.50. The minimum Gasteiger partial charge on any atom is -0.492 e. The van der Waals surface area contributed by atoms with Gasteiger partial charge in [-0.2, -0.15) is 5.10 Å². The van der Waals surface area contributed by atoms with Crippen molar-refractivity contribution in [1.82, 2.24) is 24.6 Å². The Hall–Kier alpha value is -2.48. The van der Waals surface area contributed by atoms with Crippen molar-refractivity contribution < 1.29 is 9.47 Å². The molecule has 32 heavy (non-hydrogen) atoms. The second-order valence-corrected chi connectivity index (χ2v) is 9.03. The van der Waals surface area contributed by atoms with Crippen molar-refractivity contribution in [3.8, 4) is 17.1 Å². The first kappa shape index (κ1) is 22.7. The monoisotopic (exact) mass is 452 g/mol. The van der Waals surface area contributed by atoms with Gasteiger partial charge in [-0.25, -0.2) is 9.97 Å². The number of benzene rings is 1. The van der Waals surface area contributed by atoms with E-state index in [0.29, 0.717) is 13.0 Å². The van der Waals surface area contributed by atoms with E-state index in [9.17, 15) is 0 Å². The number of morpholine rings is 1. The number of aryl methyl sites for hydroxylation is 1. The molecule has 0 amide bonds. The van der Waals surface area contributed by atoms with Crippen LogP contribution in [0.4, 0.5) is 5.95 Å². The molecule has 2 unspecified atom stereocenters. The lowest BCUT2D eigenvalue weighted by Gasteiger charge is -2.26. The Kier molecular flexibility index (Phi) is 7.40. The van der Waals surface area contributed by atoms with Crippen LogP contribution in [-0.4, -0.2) is 71.9 Å². The van der Waals surface area contributed by atoms with Crippen LogP contribution in [0.2, 0.25) is 0 Å². The van der Waals surface area contributed by atoms with Gasteiger partial charge in [-0.3, -0.25) is 9.58 Å². The van der Waals surface area contributed by atoms with Gasteiger partial charge in [0.05, 0.1) is 18.9 Å². The van der Waals surface area contributed by atoms with Gasteiger partial charge in [0, 0.05) is 49.2 Å². The van der Waals surface area contributed by atoms with E-state index in [1.807, 2.05) is 35.9 Å². The standard InChI is InChI=1S/C22H30BN6O2P/c1-15-12-18(26-22(24)25-15)20-17(14-29(27-20)21(23)32)13-16-4-2-3-5-19(16)31-11-8-28-6-9-30-10-7-28/h2-5,12,14,21H,6-11,13,23,32H2,1H3,(H2,24,25,26). The summed E-state index contributed by atoms with van der Waals surface area (Å²) in [5.41, 5.74) is 10.6. The second kappa shape index (κ2) is 10.4. The Morgan fingerprint density at radius 1 is 1.22 bits per heavy atom. The topological polar surface area (TPSA) is 91.3 Å². The van der Waals surface area contributed by atoms with Gasteiger partial charge in [0.25, 0.3) is 0 Å². The average Bonchev–Trinajstić information content (AvgIpc) is 3.19. The van der Waals surface area contributed by atoms with Crippen LogP contribution in [0.5, 0.6) is 5.75 Å². The van der Waals surface area contributed by atoms with Crippen LogP contribution in [-0.2, 0) is 11.2 Å². The molecular weight excluding hydrogens is 422 g/mol. The van der Waals surface area contributed by atoms with Gasteiger partial charge in [-0.1, -0.05) is 18.2 Å². The highest BCUT2D eigenvalue weighted by atomic mass is 31.0. The highest BCUT2D eigenvalue weighted by molar-refractivity contribution is 7.19. The summed E-state index contributed by atoms with van der Waals surface area (Å²) in [6, 6.07) is 10.1. The Balaban J connectivity index is 1.56. The molecule has 168 valence electrons. The number of anilines is 1. The molecule has 0 radical (unpaired) electrons.